The molecule has 2 heterocycles. The fourth-order valence-corrected chi connectivity index (χ4v) is 1.16. The molecule has 1 aliphatic heterocycles. The molecule has 0 fully saturated rings. The third-order valence-electron chi connectivity index (χ3n) is 1.76. The first-order chi connectivity index (χ1) is 6.77. The average molecular weight is 193 g/mol. The second-order valence-corrected chi connectivity index (χ2v) is 2.70. The Hall–Kier alpha value is -1.98. The highest BCUT2D eigenvalue weighted by Gasteiger charge is 2.14. The normalized spacial score (nSPS) is 14.7. The lowest BCUT2D eigenvalue weighted by atomic mass is 10.2. The number of pyridine rings is 1. The molecule has 0 amide bonds. The topological polar surface area (TPSA) is 77.6 Å². The van der Waals surface area contributed by atoms with Crippen LogP contribution in [0.3, 0.4) is 0 Å². The van der Waals surface area contributed by atoms with Crippen molar-refractivity contribution in [2.45, 2.75) is 0 Å². The largest absolute Gasteiger partial charge is 0.476 e. The van der Waals surface area contributed by atoms with Gasteiger partial charge in [-0.05, 0) is 16.0 Å². The number of hydrogen-bond acceptors (Lipinski definition) is 5. The molecule has 0 bridgehead atoms. The van der Waals surface area contributed by atoms with Crippen LogP contribution in [0, 0.1) is 10.1 Å². The molecule has 6 heteroatoms. The van der Waals surface area contributed by atoms with E-state index in [1.54, 1.807) is 6.07 Å². The summed E-state index contributed by atoms with van der Waals surface area (Å²) in [6.45, 7) is 1.14. The maximum atomic E-state index is 10.4. The Morgan fingerprint density at radius 1 is 1.57 bits per heavy atom. The average Bonchev–Trinajstić information content (AvgIpc) is 2.71. The van der Waals surface area contributed by atoms with E-state index in [9.17, 15) is 10.1 Å². The van der Waals surface area contributed by atoms with Gasteiger partial charge in [0, 0.05) is 11.6 Å². The number of hydrogen-bond donors (Lipinski definition) is 0. The van der Waals surface area contributed by atoms with Gasteiger partial charge in [-0.2, -0.15) is 0 Å². The smallest absolute Gasteiger partial charge is 0.364 e. The fourth-order valence-electron chi connectivity index (χ4n) is 1.16. The summed E-state index contributed by atoms with van der Waals surface area (Å²) < 4.78 is 5.17. The van der Waals surface area contributed by atoms with Gasteiger partial charge in [0.25, 0.3) is 0 Å². The van der Waals surface area contributed by atoms with Crippen molar-refractivity contribution in [3.05, 3.63) is 34.0 Å². The molecule has 72 valence electrons. The first kappa shape index (κ1) is 8.61. The molecule has 1 aliphatic rings. The lowest BCUT2D eigenvalue weighted by molar-refractivity contribution is -0.389. The van der Waals surface area contributed by atoms with Crippen LogP contribution in [-0.4, -0.2) is 29.0 Å². The molecule has 0 radical (unpaired) electrons. The summed E-state index contributed by atoms with van der Waals surface area (Å²) >= 11 is 0. The Balaban J connectivity index is 2.34. The quantitative estimate of drug-likeness (QED) is 0.513. The molecule has 1 aromatic heterocycles. The van der Waals surface area contributed by atoms with E-state index >= 15 is 0 Å². The lowest BCUT2D eigenvalue weighted by Gasteiger charge is -1.99. The fraction of sp³-hybridized carbons (Fsp3) is 0.250. The minimum Gasteiger partial charge on any atom is -0.476 e. The molecule has 14 heavy (non-hydrogen) atoms. The zero-order valence-electron chi connectivity index (χ0n) is 7.21. The number of rotatable bonds is 2. The molecule has 0 unspecified atom stereocenters. The Morgan fingerprint density at radius 2 is 2.43 bits per heavy atom. The van der Waals surface area contributed by atoms with E-state index in [-0.39, 0.29) is 5.82 Å². The zero-order valence-corrected chi connectivity index (χ0v) is 7.21. The van der Waals surface area contributed by atoms with E-state index in [0.29, 0.717) is 24.6 Å². The van der Waals surface area contributed by atoms with Crippen LogP contribution >= 0.6 is 0 Å². The van der Waals surface area contributed by atoms with Crippen molar-refractivity contribution in [1.29, 1.82) is 0 Å². The van der Waals surface area contributed by atoms with E-state index < -0.39 is 4.92 Å². The molecule has 2 rings (SSSR count). The Bertz CT molecular complexity index is 403. The van der Waals surface area contributed by atoms with E-state index in [4.69, 9.17) is 4.74 Å². The first-order valence-electron chi connectivity index (χ1n) is 4.05. The highest BCUT2D eigenvalue weighted by molar-refractivity contribution is 5.95. The standard InChI is InChI=1S/C8H7N3O3/c12-11(13)7-5-6(1-2-9-7)8-10-3-4-14-8/h1-2,5H,3-4H2. The van der Waals surface area contributed by atoms with Gasteiger partial charge in [-0.25, -0.2) is 4.99 Å². The molecule has 0 aliphatic carbocycles. The number of aromatic nitrogens is 1. The maximum absolute atomic E-state index is 10.4. The molecular weight excluding hydrogens is 186 g/mol. The molecule has 0 N–H and O–H groups in total. The van der Waals surface area contributed by atoms with E-state index in [1.807, 2.05) is 0 Å². The van der Waals surface area contributed by atoms with Gasteiger partial charge < -0.3 is 14.9 Å². The van der Waals surface area contributed by atoms with Crippen LogP contribution in [0.1, 0.15) is 5.56 Å². The van der Waals surface area contributed by atoms with Gasteiger partial charge in [0.15, 0.2) is 0 Å². The van der Waals surface area contributed by atoms with Crippen molar-refractivity contribution >= 4 is 11.7 Å². The van der Waals surface area contributed by atoms with Gasteiger partial charge in [-0.1, -0.05) is 0 Å². The first-order valence-corrected chi connectivity index (χ1v) is 4.05. The van der Waals surface area contributed by atoms with Crippen molar-refractivity contribution in [2.24, 2.45) is 4.99 Å². The Labute approximate surface area is 79.4 Å². The van der Waals surface area contributed by atoms with Crippen LogP contribution in [0.25, 0.3) is 0 Å². The summed E-state index contributed by atoms with van der Waals surface area (Å²) in [7, 11) is 0. The maximum Gasteiger partial charge on any atom is 0.364 e. The van der Waals surface area contributed by atoms with Gasteiger partial charge in [0.05, 0.1) is 6.54 Å². The van der Waals surface area contributed by atoms with Gasteiger partial charge in [-0.15, -0.1) is 0 Å². The van der Waals surface area contributed by atoms with Crippen LogP contribution in [0.5, 0.6) is 0 Å². The van der Waals surface area contributed by atoms with Gasteiger partial charge in [-0.3, -0.25) is 0 Å². The summed E-state index contributed by atoms with van der Waals surface area (Å²) in [5.41, 5.74) is 0.601. The van der Waals surface area contributed by atoms with Crippen molar-refractivity contribution < 1.29 is 9.66 Å². The SMILES string of the molecule is O=[N+]([O-])c1cc(C2=NCCO2)ccn1. The monoisotopic (exact) mass is 193 g/mol. The molecule has 1 aromatic rings. The lowest BCUT2D eigenvalue weighted by Crippen LogP contribution is -2.02. The number of nitrogens with zero attached hydrogens (tertiary/aromatic N) is 3. The Kier molecular flexibility index (Phi) is 2.10. The second kappa shape index (κ2) is 3.41. The van der Waals surface area contributed by atoms with Crippen molar-refractivity contribution in [2.75, 3.05) is 13.2 Å². The van der Waals surface area contributed by atoms with Gasteiger partial charge in [0.1, 0.15) is 12.8 Å². The summed E-state index contributed by atoms with van der Waals surface area (Å²) in [5.74, 6) is 0.260. The minimum absolute atomic E-state index is 0.194. The van der Waals surface area contributed by atoms with Crippen LogP contribution in [0.4, 0.5) is 5.82 Å². The molecule has 0 aromatic carbocycles. The highest BCUT2D eigenvalue weighted by atomic mass is 16.6. The second-order valence-electron chi connectivity index (χ2n) is 2.70. The highest BCUT2D eigenvalue weighted by Crippen LogP contribution is 2.12. The third kappa shape index (κ3) is 1.54. The third-order valence-corrected chi connectivity index (χ3v) is 1.76. The van der Waals surface area contributed by atoms with Crippen LogP contribution in [0.2, 0.25) is 0 Å². The summed E-state index contributed by atoms with van der Waals surface area (Å²) in [5, 5.41) is 10.4. The summed E-state index contributed by atoms with van der Waals surface area (Å²) in [6, 6.07) is 2.99. The molecular formula is C8H7N3O3. The predicted octanol–water partition coefficient (Wildman–Crippen LogP) is 0.767. The van der Waals surface area contributed by atoms with Crippen molar-refractivity contribution in [3.63, 3.8) is 0 Å². The number of nitro groups is 1. The van der Waals surface area contributed by atoms with Crippen molar-refractivity contribution in [1.82, 2.24) is 4.98 Å². The molecule has 0 saturated carbocycles. The number of ether oxygens (including phenoxy) is 1. The van der Waals surface area contributed by atoms with E-state index in [0.717, 1.165) is 0 Å². The van der Waals surface area contributed by atoms with E-state index in [2.05, 4.69) is 9.98 Å². The van der Waals surface area contributed by atoms with Crippen LogP contribution in [0.15, 0.2) is 23.3 Å². The van der Waals surface area contributed by atoms with Crippen LogP contribution in [-0.2, 0) is 4.74 Å². The molecule has 0 atom stereocenters. The minimum atomic E-state index is -0.543. The Morgan fingerprint density at radius 3 is 3.07 bits per heavy atom. The molecule has 6 nitrogen and oxygen atoms in total. The summed E-state index contributed by atoms with van der Waals surface area (Å²) in [6.07, 6.45) is 1.37. The zero-order chi connectivity index (χ0) is 9.97. The van der Waals surface area contributed by atoms with Gasteiger partial charge in [0.2, 0.25) is 5.90 Å². The molecule has 0 spiro atoms. The molecule has 0 saturated heterocycles. The van der Waals surface area contributed by atoms with Crippen LogP contribution < -0.4 is 0 Å². The summed E-state index contributed by atoms with van der Waals surface area (Å²) in [4.78, 5) is 17.5. The van der Waals surface area contributed by atoms with E-state index in [1.165, 1.54) is 12.3 Å². The number of aliphatic imine (C=N–C) groups is 1. The van der Waals surface area contributed by atoms with Crippen molar-refractivity contribution in [3.8, 4) is 0 Å². The predicted molar refractivity (Wildman–Crippen MR) is 48.2 cm³/mol. The van der Waals surface area contributed by atoms with Gasteiger partial charge >= 0.3 is 5.82 Å².